The number of hydrogen-bond acceptors (Lipinski definition) is 6. The first kappa shape index (κ1) is 19.5. The van der Waals surface area contributed by atoms with Crippen molar-refractivity contribution in [2.24, 2.45) is 0 Å². The van der Waals surface area contributed by atoms with E-state index in [-0.39, 0.29) is 28.9 Å². The molecule has 1 fully saturated rings. The molecule has 0 amide bonds. The minimum absolute atomic E-state index is 0.0180. The van der Waals surface area contributed by atoms with Crippen LogP contribution >= 0.6 is 0 Å². The Morgan fingerprint density at radius 1 is 1.03 bits per heavy atom. The summed E-state index contributed by atoms with van der Waals surface area (Å²) in [7, 11) is 0. The summed E-state index contributed by atoms with van der Waals surface area (Å²) in [5, 5.41) is 12.4. The van der Waals surface area contributed by atoms with Crippen LogP contribution in [-0.2, 0) is 4.74 Å². The van der Waals surface area contributed by atoms with Crippen molar-refractivity contribution < 1.29 is 18.0 Å². The van der Waals surface area contributed by atoms with E-state index in [1.807, 2.05) is 6.92 Å². The summed E-state index contributed by atoms with van der Waals surface area (Å²) < 4.78 is 41.2. The normalized spacial score (nSPS) is 14.8. The molecular weight excluding hydrogens is 404 g/mol. The van der Waals surface area contributed by atoms with E-state index >= 15 is 0 Å². The summed E-state index contributed by atoms with van der Waals surface area (Å²) in [5.41, 5.74) is 2.43. The van der Waals surface area contributed by atoms with Gasteiger partial charge in [-0.3, -0.25) is 0 Å². The number of hydrogen-bond donors (Lipinski definition) is 0. The molecule has 1 aliphatic heterocycles. The molecule has 31 heavy (non-hydrogen) atoms. The van der Waals surface area contributed by atoms with Crippen molar-refractivity contribution in [3.05, 3.63) is 65.4 Å². The average molecular weight is 423 g/mol. The fourth-order valence-electron chi connectivity index (χ4n) is 3.82. The number of rotatable bonds is 4. The van der Waals surface area contributed by atoms with E-state index < -0.39 is 11.6 Å². The molecule has 0 unspecified atom stereocenters. The lowest BCUT2D eigenvalue weighted by molar-refractivity contribution is 0.0840. The van der Waals surface area contributed by atoms with Gasteiger partial charge in [-0.1, -0.05) is 34.1 Å². The van der Waals surface area contributed by atoms with Crippen LogP contribution < -0.4 is 0 Å². The quantitative estimate of drug-likeness (QED) is 0.482. The van der Waals surface area contributed by atoms with Crippen molar-refractivity contribution in [2.45, 2.75) is 25.7 Å². The molecule has 0 atom stereocenters. The first-order chi connectivity index (χ1) is 15.1. The Balaban J connectivity index is 1.62. The molecule has 0 bridgehead atoms. The van der Waals surface area contributed by atoms with Gasteiger partial charge in [0.05, 0.1) is 11.3 Å². The maximum Gasteiger partial charge on any atom is 0.280 e. The number of aromatic nitrogens is 5. The number of halogens is 2. The van der Waals surface area contributed by atoms with Crippen molar-refractivity contribution in [2.75, 3.05) is 13.2 Å². The highest BCUT2D eigenvalue weighted by atomic mass is 19.1. The number of aryl methyl sites for hydroxylation is 1. The van der Waals surface area contributed by atoms with E-state index in [2.05, 4.69) is 20.5 Å². The van der Waals surface area contributed by atoms with Crippen LogP contribution in [0.3, 0.4) is 0 Å². The summed E-state index contributed by atoms with van der Waals surface area (Å²) in [6.45, 7) is 3.01. The summed E-state index contributed by atoms with van der Waals surface area (Å²) in [4.78, 5) is 4.38. The molecule has 158 valence electrons. The molecular formula is C22H19F2N5O2. The predicted octanol–water partition coefficient (Wildman–Crippen LogP) is 4.46. The third-order valence-electron chi connectivity index (χ3n) is 5.38. The van der Waals surface area contributed by atoms with Gasteiger partial charge in [-0.15, -0.1) is 5.10 Å². The van der Waals surface area contributed by atoms with Crippen LogP contribution in [0.5, 0.6) is 0 Å². The number of ether oxygens (including phenoxy) is 1. The molecule has 0 radical (unpaired) electrons. The molecule has 3 heterocycles. The van der Waals surface area contributed by atoms with Crippen molar-refractivity contribution in [1.82, 2.24) is 25.1 Å². The van der Waals surface area contributed by atoms with Gasteiger partial charge in [0.2, 0.25) is 5.82 Å². The minimum Gasteiger partial charge on any atom is -0.381 e. The molecule has 0 aliphatic carbocycles. The monoisotopic (exact) mass is 423 g/mol. The van der Waals surface area contributed by atoms with Crippen molar-refractivity contribution >= 4 is 0 Å². The molecule has 5 rings (SSSR count). The molecule has 2 aromatic heterocycles. The van der Waals surface area contributed by atoms with Crippen molar-refractivity contribution in [3.63, 3.8) is 0 Å². The number of para-hydroxylation sites is 1. The van der Waals surface area contributed by atoms with Gasteiger partial charge in [-0.25, -0.2) is 13.5 Å². The third-order valence-corrected chi connectivity index (χ3v) is 5.38. The maximum absolute atomic E-state index is 14.5. The zero-order valence-electron chi connectivity index (χ0n) is 16.8. The zero-order valence-corrected chi connectivity index (χ0v) is 16.8. The van der Waals surface area contributed by atoms with E-state index in [0.717, 1.165) is 18.4 Å². The molecule has 0 N–H and O–H groups in total. The van der Waals surface area contributed by atoms with E-state index in [9.17, 15) is 8.78 Å². The van der Waals surface area contributed by atoms with Crippen LogP contribution in [0.2, 0.25) is 0 Å². The molecule has 1 saturated heterocycles. The number of nitrogens with zero attached hydrogens (tertiary/aromatic N) is 5. The molecule has 2 aromatic carbocycles. The van der Waals surface area contributed by atoms with Crippen LogP contribution in [0.4, 0.5) is 8.78 Å². The van der Waals surface area contributed by atoms with Crippen LogP contribution in [0.15, 0.2) is 47.0 Å². The summed E-state index contributed by atoms with van der Waals surface area (Å²) in [5.74, 6) is -0.614. The fraction of sp³-hybridized carbons (Fsp3) is 0.273. The standard InChI is InChI=1S/C22H19F2N5O2/c1-13-6-7-16(23)15(12-13)21-25-22(31-27-21)19-20(14-8-10-30-11-9-14)29(28-26-19)18-5-3-2-4-17(18)24/h2-7,12,14H,8-11H2,1H3. The van der Waals surface area contributed by atoms with E-state index in [0.29, 0.717) is 24.6 Å². The zero-order chi connectivity index (χ0) is 21.4. The van der Waals surface area contributed by atoms with Crippen molar-refractivity contribution in [1.29, 1.82) is 0 Å². The summed E-state index contributed by atoms with van der Waals surface area (Å²) in [6, 6.07) is 11.0. The summed E-state index contributed by atoms with van der Waals surface area (Å²) in [6.07, 6.45) is 1.45. The lowest BCUT2D eigenvalue weighted by Crippen LogP contribution is -2.18. The smallest absolute Gasteiger partial charge is 0.280 e. The average Bonchev–Trinajstić information content (AvgIpc) is 3.44. The number of benzene rings is 2. The second-order valence-electron chi connectivity index (χ2n) is 7.48. The van der Waals surface area contributed by atoms with Gasteiger partial charge in [-0.05, 0) is 44.0 Å². The molecule has 4 aromatic rings. The Morgan fingerprint density at radius 2 is 1.84 bits per heavy atom. The van der Waals surface area contributed by atoms with Crippen LogP contribution in [0.25, 0.3) is 28.7 Å². The van der Waals surface area contributed by atoms with Gasteiger partial charge in [-0.2, -0.15) is 4.98 Å². The first-order valence-corrected chi connectivity index (χ1v) is 10.0. The second kappa shape index (κ2) is 7.99. The SMILES string of the molecule is Cc1ccc(F)c(-c2noc(-c3nnn(-c4ccccc4F)c3C3CCOCC3)n2)c1. The van der Waals surface area contributed by atoms with Gasteiger partial charge >= 0.3 is 0 Å². The highest BCUT2D eigenvalue weighted by molar-refractivity contribution is 5.61. The third kappa shape index (κ3) is 3.61. The molecule has 7 nitrogen and oxygen atoms in total. The first-order valence-electron chi connectivity index (χ1n) is 10.0. The Kier molecular flexibility index (Phi) is 5.03. The Morgan fingerprint density at radius 3 is 2.65 bits per heavy atom. The Bertz CT molecular complexity index is 1230. The molecule has 0 saturated carbocycles. The van der Waals surface area contributed by atoms with Crippen LogP contribution in [-0.4, -0.2) is 38.3 Å². The van der Waals surface area contributed by atoms with Crippen molar-refractivity contribution in [3.8, 4) is 28.7 Å². The molecule has 1 aliphatic rings. The van der Waals surface area contributed by atoms with Gasteiger partial charge < -0.3 is 9.26 Å². The predicted molar refractivity (Wildman–Crippen MR) is 108 cm³/mol. The molecule has 0 spiro atoms. The lowest BCUT2D eigenvalue weighted by Gasteiger charge is -2.23. The topological polar surface area (TPSA) is 78.9 Å². The van der Waals surface area contributed by atoms with E-state index in [1.54, 1.807) is 30.3 Å². The Hall–Kier alpha value is -3.46. The maximum atomic E-state index is 14.5. The van der Waals surface area contributed by atoms with Gasteiger partial charge in [0.15, 0.2) is 5.69 Å². The Labute approximate surface area is 176 Å². The van der Waals surface area contributed by atoms with Gasteiger partial charge in [0.25, 0.3) is 5.89 Å². The largest absolute Gasteiger partial charge is 0.381 e. The second-order valence-corrected chi connectivity index (χ2v) is 7.48. The van der Waals surface area contributed by atoms with E-state index in [1.165, 1.54) is 16.8 Å². The van der Waals surface area contributed by atoms with Crippen LogP contribution in [0, 0.1) is 18.6 Å². The molecule has 9 heteroatoms. The van der Waals surface area contributed by atoms with Gasteiger partial charge in [0.1, 0.15) is 17.3 Å². The lowest BCUT2D eigenvalue weighted by atomic mass is 9.94. The highest BCUT2D eigenvalue weighted by Gasteiger charge is 2.30. The van der Waals surface area contributed by atoms with Gasteiger partial charge in [0, 0.05) is 19.1 Å². The fourth-order valence-corrected chi connectivity index (χ4v) is 3.82. The highest BCUT2D eigenvalue weighted by Crippen LogP contribution is 2.35. The van der Waals surface area contributed by atoms with Crippen LogP contribution in [0.1, 0.15) is 30.0 Å². The summed E-state index contributed by atoms with van der Waals surface area (Å²) >= 11 is 0. The van der Waals surface area contributed by atoms with E-state index in [4.69, 9.17) is 9.26 Å². The minimum atomic E-state index is -0.447.